The molecule has 7 heteroatoms. The number of likely N-dealkylation sites (tertiary alicyclic amines) is 2. The molecule has 1 amide bonds. The molecule has 7 nitrogen and oxygen atoms in total. The summed E-state index contributed by atoms with van der Waals surface area (Å²) < 4.78 is 5.59. The molecule has 4 heterocycles. The van der Waals surface area contributed by atoms with Crippen LogP contribution in [0, 0.1) is 5.41 Å². The van der Waals surface area contributed by atoms with Crippen LogP contribution in [0.4, 0.5) is 0 Å². The summed E-state index contributed by atoms with van der Waals surface area (Å²) in [5.74, 6) is 1.45. The van der Waals surface area contributed by atoms with E-state index in [0.717, 1.165) is 38.0 Å². The Morgan fingerprint density at radius 1 is 1.17 bits per heavy atom. The van der Waals surface area contributed by atoms with Gasteiger partial charge in [0.15, 0.2) is 0 Å². The summed E-state index contributed by atoms with van der Waals surface area (Å²) in [7, 11) is 2.09. The summed E-state index contributed by atoms with van der Waals surface area (Å²) in [6, 6.07) is 14.1. The van der Waals surface area contributed by atoms with Crippen molar-refractivity contribution in [2.24, 2.45) is 5.41 Å². The lowest BCUT2D eigenvalue weighted by atomic mass is 9.77. The lowest BCUT2D eigenvalue weighted by Crippen LogP contribution is -2.59. The standard InChI is InChI=1S/C23H25N5O2/c1-27-14-23(15-28(16-23)20(29)10-9-17-6-3-2-4-7-17)12-19(27)22-25-21(26-30-22)18-8-5-11-24-13-18/h2-8,11,13,19H,9-10,12,14-16H2,1H3. The second-order valence-electron chi connectivity index (χ2n) is 8.57. The van der Waals surface area contributed by atoms with Gasteiger partial charge in [-0.05, 0) is 37.6 Å². The first-order valence-electron chi connectivity index (χ1n) is 10.4. The Morgan fingerprint density at radius 2 is 2.00 bits per heavy atom. The predicted molar refractivity (Wildman–Crippen MR) is 111 cm³/mol. The smallest absolute Gasteiger partial charge is 0.244 e. The van der Waals surface area contributed by atoms with Crippen molar-refractivity contribution in [2.45, 2.75) is 25.3 Å². The predicted octanol–water partition coefficient (Wildman–Crippen LogP) is 2.97. The van der Waals surface area contributed by atoms with E-state index in [1.807, 2.05) is 35.2 Å². The Balaban J connectivity index is 1.19. The zero-order valence-electron chi connectivity index (χ0n) is 17.1. The Hall–Kier alpha value is -3.06. The van der Waals surface area contributed by atoms with Crippen LogP contribution in [0.15, 0.2) is 59.4 Å². The average molecular weight is 403 g/mol. The average Bonchev–Trinajstić information content (AvgIpc) is 3.37. The maximum absolute atomic E-state index is 12.6. The van der Waals surface area contributed by atoms with Gasteiger partial charge < -0.3 is 9.42 Å². The molecule has 2 aliphatic heterocycles. The van der Waals surface area contributed by atoms with Crippen LogP contribution in [-0.4, -0.2) is 57.5 Å². The number of benzene rings is 1. The third kappa shape index (κ3) is 3.61. The summed E-state index contributed by atoms with van der Waals surface area (Å²) >= 11 is 0. The molecule has 5 rings (SSSR count). The van der Waals surface area contributed by atoms with Crippen LogP contribution >= 0.6 is 0 Å². The monoisotopic (exact) mass is 403 g/mol. The van der Waals surface area contributed by atoms with Gasteiger partial charge in [0.25, 0.3) is 0 Å². The van der Waals surface area contributed by atoms with Gasteiger partial charge in [-0.15, -0.1) is 0 Å². The van der Waals surface area contributed by atoms with Crippen LogP contribution in [-0.2, 0) is 11.2 Å². The van der Waals surface area contributed by atoms with E-state index in [1.165, 1.54) is 5.56 Å². The van der Waals surface area contributed by atoms with Gasteiger partial charge in [0.2, 0.25) is 17.6 Å². The van der Waals surface area contributed by atoms with E-state index in [2.05, 4.69) is 39.2 Å². The Kier molecular flexibility index (Phi) is 4.83. The topological polar surface area (TPSA) is 75.4 Å². The first-order valence-corrected chi connectivity index (χ1v) is 10.4. The number of amides is 1. The molecule has 30 heavy (non-hydrogen) atoms. The van der Waals surface area contributed by atoms with Crippen molar-refractivity contribution in [1.82, 2.24) is 24.9 Å². The molecule has 1 spiro atoms. The molecule has 0 bridgehead atoms. The summed E-state index contributed by atoms with van der Waals surface area (Å²) in [4.78, 5) is 25.6. The number of carbonyl (C=O) groups is 1. The number of hydrogen-bond donors (Lipinski definition) is 0. The summed E-state index contributed by atoms with van der Waals surface area (Å²) in [6.07, 6.45) is 5.75. The highest BCUT2D eigenvalue weighted by atomic mass is 16.5. The molecule has 0 radical (unpaired) electrons. The van der Waals surface area contributed by atoms with Gasteiger partial charge in [-0.3, -0.25) is 14.7 Å². The molecule has 0 saturated carbocycles. The van der Waals surface area contributed by atoms with Crippen LogP contribution in [0.1, 0.15) is 30.3 Å². The van der Waals surface area contributed by atoms with Gasteiger partial charge in [0, 0.05) is 49.4 Å². The van der Waals surface area contributed by atoms with E-state index in [0.29, 0.717) is 18.1 Å². The maximum Gasteiger partial charge on any atom is 0.244 e. The highest BCUT2D eigenvalue weighted by molar-refractivity contribution is 5.77. The van der Waals surface area contributed by atoms with Gasteiger partial charge >= 0.3 is 0 Å². The zero-order chi connectivity index (χ0) is 20.6. The summed E-state index contributed by atoms with van der Waals surface area (Å²) in [5, 5.41) is 4.14. The molecule has 1 aromatic carbocycles. The van der Waals surface area contributed by atoms with Crippen LogP contribution in [0.2, 0.25) is 0 Å². The van der Waals surface area contributed by atoms with Crippen molar-refractivity contribution in [2.75, 3.05) is 26.7 Å². The second kappa shape index (κ2) is 7.65. The minimum absolute atomic E-state index is 0.0875. The molecule has 1 atom stereocenters. The van der Waals surface area contributed by atoms with E-state index in [-0.39, 0.29) is 17.4 Å². The van der Waals surface area contributed by atoms with Crippen molar-refractivity contribution in [1.29, 1.82) is 0 Å². The minimum atomic E-state index is 0.0875. The highest BCUT2D eigenvalue weighted by Gasteiger charge is 2.53. The number of nitrogens with zero attached hydrogens (tertiary/aromatic N) is 5. The third-order valence-corrected chi connectivity index (χ3v) is 6.27. The van der Waals surface area contributed by atoms with E-state index in [4.69, 9.17) is 4.52 Å². The molecule has 2 aromatic heterocycles. The summed E-state index contributed by atoms with van der Waals surface area (Å²) in [6.45, 7) is 2.56. The van der Waals surface area contributed by atoms with Gasteiger partial charge in [-0.2, -0.15) is 4.98 Å². The molecule has 1 unspecified atom stereocenters. The molecule has 154 valence electrons. The molecule has 0 aliphatic carbocycles. The minimum Gasteiger partial charge on any atom is -0.341 e. The third-order valence-electron chi connectivity index (χ3n) is 6.27. The number of aryl methyl sites for hydroxylation is 1. The number of rotatable bonds is 5. The normalized spacial score (nSPS) is 20.4. The van der Waals surface area contributed by atoms with Crippen molar-refractivity contribution in [3.63, 3.8) is 0 Å². The van der Waals surface area contributed by atoms with E-state index in [9.17, 15) is 4.79 Å². The second-order valence-corrected chi connectivity index (χ2v) is 8.57. The van der Waals surface area contributed by atoms with E-state index in [1.54, 1.807) is 12.4 Å². The molecule has 0 N–H and O–H groups in total. The Labute approximate surface area is 175 Å². The fourth-order valence-electron chi connectivity index (χ4n) is 4.75. The highest BCUT2D eigenvalue weighted by Crippen LogP contribution is 2.47. The van der Waals surface area contributed by atoms with Crippen LogP contribution in [0.3, 0.4) is 0 Å². The SMILES string of the molecule is CN1CC2(CC1c1nc(-c3cccnc3)no1)CN(C(=O)CCc1ccccc1)C2. The largest absolute Gasteiger partial charge is 0.341 e. The zero-order valence-corrected chi connectivity index (χ0v) is 17.1. The van der Waals surface area contributed by atoms with Crippen molar-refractivity contribution in [3.8, 4) is 11.4 Å². The Bertz CT molecular complexity index is 1010. The van der Waals surface area contributed by atoms with Crippen LogP contribution < -0.4 is 0 Å². The molecule has 2 aliphatic rings. The quantitative estimate of drug-likeness (QED) is 0.652. The van der Waals surface area contributed by atoms with E-state index >= 15 is 0 Å². The van der Waals surface area contributed by atoms with Gasteiger partial charge in [-0.1, -0.05) is 35.5 Å². The number of hydrogen-bond acceptors (Lipinski definition) is 6. The first kappa shape index (κ1) is 18.9. The van der Waals surface area contributed by atoms with Gasteiger partial charge in [-0.25, -0.2) is 0 Å². The first-order chi connectivity index (χ1) is 14.6. The summed E-state index contributed by atoms with van der Waals surface area (Å²) in [5.41, 5.74) is 2.19. The fraction of sp³-hybridized carbons (Fsp3) is 0.391. The molecule has 3 aromatic rings. The lowest BCUT2D eigenvalue weighted by molar-refractivity contribution is -0.142. The van der Waals surface area contributed by atoms with Crippen molar-refractivity contribution in [3.05, 3.63) is 66.3 Å². The molecular formula is C23H25N5O2. The maximum atomic E-state index is 12.6. The van der Waals surface area contributed by atoms with Crippen LogP contribution in [0.5, 0.6) is 0 Å². The van der Waals surface area contributed by atoms with Crippen molar-refractivity contribution >= 4 is 5.91 Å². The van der Waals surface area contributed by atoms with Gasteiger partial charge in [0.1, 0.15) is 0 Å². The van der Waals surface area contributed by atoms with Crippen LogP contribution in [0.25, 0.3) is 11.4 Å². The Morgan fingerprint density at radius 3 is 2.77 bits per heavy atom. The molecule has 2 saturated heterocycles. The number of pyridine rings is 1. The van der Waals surface area contributed by atoms with Crippen molar-refractivity contribution < 1.29 is 9.32 Å². The van der Waals surface area contributed by atoms with E-state index < -0.39 is 0 Å². The van der Waals surface area contributed by atoms with Gasteiger partial charge in [0.05, 0.1) is 6.04 Å². The number of aromatic nitrogens is 3. The molecule has 2 fully saturated rings. The molecular weight excluding hydrogens is 378 g/mol. The lowest BCUT2D eigenvalue weighted by Gasteiger charge is -2.48. The number of carbonyl (C=O) groups excluding carboxylic acids is 1. The fourth-order valence-corrected chi connectivity index (χ4v) is 4.75.